The van der Waals surface area contributed by atoms with Gasteiger partial charge in [-0.15, -0.1) is 11.3 Å². The molecule has 0 unspecified atom stereocenters. The van der Waals surface area contributed by atoms with E-state index in [1.54, 1.807) is 11.3 Å². The number of nitrogens with one attached hydrogen (secondary N) is 1. The lowest BCUT2D eigenvalue weighted by molar-refractivity contribution is -0.166. The number of rotatable bonds is 8. The number of hydrogen-bond acceptors (Lipinski definition) is 9. The van der Waals surface area contributed by atoms with Gasteiger partial charge in [0.1, 0.15) is 5.01 Å². The number of carbonyl (C=O) groups excluding carboxylic acids is 1. The van der Waals surface area contributed by atoms with Gasteiger partial charge < -0.3 is 19.7 Å². The number of benzene rings is 2. The zero-order valence-corrected chi connectivity index (χ0v) is 30.0. The number of fused-ring (bicyclic) bond motifs is 2. The van der Waals surface area contributed by atoms with Crippen LogP contribution in [0.2, 0.25) is 5.02 Å². The lowest BCUT2D eigenvalue weighted by atomic mass is 9.81. The van der Waals surface area contributed by atoms with Gasteiger partial charge in [-0.25, -0.2) is 19.4 Å². The third-order valence-corrected chi connectivity index (χ3v) is 10.9. The van der Waals surface area contributed by atoms with Gasteiger partial charge in [0.05, 0.1) is 27.8 Å². The van der Waals surface area contributed by atoms with Crippen LogP contribution in [-0.2, 0) is 21.3 Å². The van der Waals surface area contributed by atoms with Crippen LogP contribution in [0.5, 0.6) is 0 Å². The minimum atomic E-state index is -0.925. The van der Waals surface area contributed by atoms with Crippen molar-refractivity contribution in [3.8, 4) is 21.7 Å². The molecule has 2 aromatic carbocycles. The van der Waals surface area contributed by atoms with Gasteiger partial charge in [-0.3, -0.25) is 0 Å². The maximum absolute atomic E-state index is 13.5. The molecular formula is C37H43ClN6O3S. The molecule has 5 aromatic rings. The maximum atomic E-state index is 13.5. The summed E-state index contributed by atoms with van der Waals surface area (Å²) in [4.78, 5) is 26.0. The van der Waals surface area contributed by atoms with Gasteiger partial charge in [0.15, 0.2) is 17.6 Å². The summed E-state index contributed by atoms with van der Waals surface area (Å²) in [5.74, 6) is 2.18. The molecule has 1 N–H and O–H groups in total. The van der Waals surface area contributed by atoms with Gasteiger partial charge in [0.2, 0.25) is 0 Å². The molecule has 3 aromatic heterocycles. The fraction of sp³-hybridized carbons (Fsp3) is 0.459. The molecule has 2 saturated heterocycles. The van der Waals surface area contributed by atoms with E-state index in [9.17, 15) is 4.79 Å². The predicted octanol–water partition coefficient (Wildman–Crippen LogP) is 7.73. The van der Waals surface area contributed by atoms with Crippen LogP contribution in [0.4, 0.5) is 5.82 Å². The molecule has 0 saturated carbocycles. The van der Waals surface area contributed by atoms with Crippen molar-refractivity contribution in [2.75, 3.05) is 37.7 Å². The first-order valence-electron chi connectivity index (χ1n) is 16.8. The van der Waals surface area contributed by atoms with Gasteiger partial charge in [0, 0.05) is 48.0 Å². The standard InChI is InChI=1S/C37H43ClN6O3S/c1-7-46-36(45)31(47-37(3,4)5)29-21(2)16-28-32(30(29)23-8-10-26(38)11-9-23)48-35(41-28)24-17-27-33(40-20-24)43(6)42-34(27)44-14-12-22(13-15-44)25-18-39-19-25/h8-11,16-17,20,22,25,31,39H,7,12-15,18-19H2,1-6H3/t31-/m0/s1. The monoisotopic (exact) mass is 686 g/mol. The minimum Gasteiger partial charge on any atom is -0.464 e. The van der Waals surface area contributed by atoms with Crippen molar-refractivity contribution < 1.29 is 14.3 Å². The van der Waals surface area contributed by atoms with E-state index >= 15 is 0 Å². The number of halogens is 1. The lowest BCUT2D eigenvalue weighted by Crippen LogP contribution is -2.49. The summed E-state index contributed by atoms with van der Waals surface area (Å²) in [5, 5.41) is 10.9. The quantitative estimate of drug-likeness (QED) is 0.166. The number of nitrogens with zero attached hydrogens (tertiary/aromatic N) is 5. The van der Waals surface area contributed by atoms with Crippen molar-refractivity contribution in [2.45, 2.75) is 59.2 Å². The first-order valence-corrected chi connectivity index (χ1v) is 18.0. The largest absolute Gasteiger partial charge is 0.464 e. The molecule has 2 aliphatic heterocycles. The highest BCUT2D eigenvalue weighted by atomic mass is 35.5. The summed E-state index contributed by atoms with van der Waals surface area (Å²) < 4.78 is 14.9. The second-order valence-electron chi connectivity index (χ2n) is 14.0. The van der Waals surface area contributed by atoms with Crippen molar-refractivity contribution in [3.05, 3.63) is 58.7 Å². The van der Waals surface area contributed by atoms with E-state index in [2.05, 4.69) is 16.3 Å². The van der Waals surface area contributed by atoms with Crippen molar-refractivity contribution in [2.24, 2.45) is 18.9 Å². The molecule has 2 fully saturated rings. The van der Waals surface area contributed by atoms with Gasteiger partial charge in [-0.05, 0) is 108 Å². The van der Waals surface area contributed by atoms with Crippen LogP contribution in [0.3, 0.4) is 0 Å². The molecule has 5 heterocycles. The van der Waals surface area contributed by atoms with Crippen molar-refractivity contribution in [1.29, 1.82) is 0 Å². The smallest absolute Gasteiger partial charge is 0.339 e. The molecular weight excluding hydrogens is 644 g/mol. The topological polar surface area (TPSA) is 94.4 Å². The Bertz CT molecular complexity index is 1970. The average molecular weight is 687 g/mol. The van der Waals surface area contributed by atoms with Crippen LogP contribution in [0.15, 0.2) is 42.6 Å². The molecule has 0 aliphatic carbocycles. The SMILES string of the molecule is CCOC(=O)[C@@H](OC(C)(C)C)c1c(C)cc2nc(-c3cnc4c(c3)c(N3CCC(C5CNC5)CC3)nn4C)sc2c1-c1ccc(Cl)cc1. The highest BCUT2D eigenvalue weighted by Crippen LogP contribution is 2.45. The van der Waals surface area contributed by atoms with Crippen LogP contribution in [-0.4, -0.2) is 64.1 Å². The number of piperidine rings is 1. The summed E-state index contributed by atoms with van der Waals surface area (Å²) in [5.41, 5.74) is 5.54. The molecule has 2 aliphatic rings. The Hall–Kier alpha value is -3.57. The molecule has 48 heavy (non-hydrogen) atoms. The van der Waals surface area contributed by atoms with E-state index in [1.165, 1.54) is 12.8 Å². The summed E-state index contributed by atoms with van der Waals surface area (Å²) in [6, 6.07) is 11.9. The zero-order valence-electron chi connectivity index (χ0n) is 28.5. The highest BCUT2D eigenvalue weighted by molar-refractivity contribution is 7.22. The number of carbonyl (C=O) groups is 1. The van der Waals surface area contributed by atoms with E-state index in [1.807, 2.05) is 82.9 Å². The van der Waals surface area contributed by atoms with Crippen LogP contribution in [0.25, 0.3) is 42.9 Å². The highest BCUT2D eigenvalue weighted by Gasteiger charge is 2.34. The van der Waals surface area contributed by atoms with Crippen LogP contribution in [0.1, 0.15) is 57.8 Å². The van der Waals surface area contributed by atoms with E-state index in [0.717, 1.165) is 97.9 Å². The van der Waals surface area contributed by atoms with Crippen molar-refractivity contribution >= 4 is 56.0 Å². The second kappa shape index (κ2) is 13.0. The minimum absolute atomic E-state index is 0.257. The number of thiazole rings is 1. The predicted molar refractivity (Wildman–Crippen MR) is 194 cm³/mol. The lowest BCUT2D eigenvalue weighted by Gasteiger charge is -2.40. The molecule has 9 nitrogen and oxygen atoms in total. The van der Waals surface area contributed by atoms with E-state index in [-0.39, 0.29) is 6.61 Å². The first-order chi connectivity index (χ1) is 23.0. The first kappa shape index (κ1) is 33.0. The van der Waals surface area contributed by atoms with E-state index in [4.69, 9.17) is 36.1 Å². The van der Waals surface area contributed by atoms with Gasteiger partial charge in [-0.1, -0.05) is 23.7 Å². The molecule has 0 amide bonds. The zero-order chi connectivity index (χ0) is 33.7. The summed E-state index contributed by atoms with van der Waals surface area (Å²) in [6.45, 7) is 14.2. The van der Waals surface area contributed by atoms with Crippen LogP contribution in [0, 0.1) is 18.8 Å². The van der Waals surface area contributed by atoms with Crippen LogP contribution < -0.4 is 10.2 Å². The molecule has 252 valence electrons. The second-order valence-corrected chi connectivity index (χ2v) is 15.4. The molecule has 0 radical (unpaired) electrons. The molecule has 0 bridgehead atoms. The van der Waals surface area contributed by atoms with Crippen molar-refractivity contribution in [3.63, 3.8) is 0 Å². The Labute approximate surface area is 290 Å². The number of aryl methyl sites for hydroxylation is 2. The van der Waals surface area contributed by atoms with E-state index < -0.39 is 17.7 Å². The molecule has 1 atom stereocenters. The van der Waals surface area contributed by atoms with E-state index in [0.29, 0.717) is 5.02 Å². The summed E-state index contributed by atoms with van der Waals surface area (Å²) >= 11 is 7.92. The number of ether oxygens (including phenoxy) is 2. The number of aromatic nitrogens is 4. The Kier molecular flexibility index (Phi) is 8.95. The average Bonchev–Trinajstić information content (AvgIpc) is 3.59. The number of esters is 1. The summed E-state index contributed by atoms with van der Waals surface area (Å²) in [6.07, 6.45) is 3.35. The third-order valence-electron chi connectivity index (χ3n) is 9.52. The molecule has 0 spiro atoms. The number of anilines is 1. The number of hydrogen-bond donors (Lipinski definition) is 1. The number of pyridine rings is 1. The Morgan fingerprint density at radius 2 is 1.83 bits per heavy atom. The third kappa shape index (κ3) is 6.31. The fourth-order valence-electron chi connectivity index (χ4n) is 7.07. The Balaban J connectivity index is 1.33. The maximum Gasteiger partial charge on any atom is 0.339 e. The van der Waals surface area contributed by atoms with Crippen LogP contribution >= 0.6 is 22.9 Å². The Morgan fingerprint density at radius 1 is 1.10 bits per heavy atom. The van der Waals surface area contributed by atoms with Crippen molar-refractivity contribution in [1.82, 2.24) is 25.1 Å². The fourth-order valence-corrected chi connectivity index (χ4v) is 8.30. The summed E-state index contributed by atoms with van der Waals surface area (Å²) in [7, 11) is 1.96. The van der Waals surface area contributed by atoms with Gasteiger partial charge in [0.25, 0.3) is 0 Å². The van der Waals surface area contributed by atoms with Gasteiger partial charge in [-0.2, -0.15) is 5.10 Å². The Morgan fingerprint density at radius 3 is 2.48 bits per heavy atom. The molecule has 7 rings (SSSR count). The molecule has 11 heteroatoms. The normalized spacial score (nSPS) is 16.9. The van der Waals surface area contributed by atoms with Gasteiger partial charge >= 0.3 is 5.97 Å².